The monoisotopic (exact) mass is 262 g/mol. The SMILES string of the molecule is COC(C)(C)CNC(=O)[C@@H]1Cc2ccccc2CN1. The van der Waals surface area contributed by atoms with Crippen LogP contribution in [0.15, 0.2) is 24.3 Å². The van der Waals surface area contributed by atoms with Crippen LogP contribution in [0.4, 0.5) is 0 Å². The zero-order valence-corrected chi connectivity index (χ0v) is 11.8. The Kier molecular flexibility index (Phi) is 4.22. The molecular weight excluding hydrogens is 240 g/mol. The van der Waals surface area contributed by atoms with Crippen molar-refractivity contribution in [3.8, 4) is 0 Å². The van der Waals surface area contributed by atoms with Crippen molar-refractivity contribution in [3.05, 3.63) is 35.4 Å². The molecule has 2 N–H and O–H groups in total. The molecular formula is C15H22N2O2. The van der Waals surface area contributed by atoms with E-state index in [1.807, 2.05) is 26.0 Å². The van der Waals surface area contributed by atoms with E-state index in [-0.39, 0.29) is 17.6 Å². The maximum Gasteiger partial charge on any atom is 0.237 e. The van der Waals surface area contributed by atoms with E-state index in [1.54, 1.807) is 7.11 Å². The lowest BCUT2D eigenvalue weighted by molar-refractivity contribution is -0.124. The van der Waals surface area contributed by atoms with Gasteiger partial charge in [-0.1, -0.05) is 24.3 Å². The summed E-state index contributed by atoms with van der Waals surface area (Å²) in [5.74, 6) is 0.0413. The predicted octanol–water partition coefficient (Wildman–Crippen LogP) is 1.24. The van der Waals surface area contributed by atoms with Gasteiger partial charge in [0.25, 0.3) is 0 Å². The molecule has 1 heterocycles. The molecule has 0 bridgehead atoms. The largest absolute Gasteiger partial charge is 0.377 e. The number of hydrogen-bond donors (Lipinski definition) is 2. The average Bonchev–Trinajstić information content (AvgIpc) is 2.44. The lowest BCUT2D eigenvalue weighted by Gasteiger charge is -2.28. The van der Waals surface area contributed by atoms with Gasteiger partial charge in [-0.2, -0.15) is 0 Å². The van der Waals surface area contributed by atoms with Crippen molar-refractivity contribution < 1.29 is 9.53 Å². The first kappa shape index (κ1) is 14.0. The van der Waals surface area contributed by atoms with Crippen LogP contribution in [0.2, 0.25) is 0 Å². The topological polar surface area (TPSA) is 50.4 Å². The van der Waals surface area contributed by atoms with Crippen LogP contribution < -0.4 is 10.6 Å². The lowest BCUT2D eigenvalue weighted by atomic mass is 9.95. The molecule has 0 saturated carbocycles. The molecule has 1 aromatic carbocycles. The summed E-state index contributed by atoms with van der Waals surface area (Å²) in [7, 11) is 1.65. The highest BCUT2D eigenvalue weighted by molar-refractivity contribution is 5.82. The van der Waals surface area contributed by atoms with Gasteiger partial charge in [0, 0.05) is 20.2 Å². The molecule has 2 rings (SSSR count). The maximum atomic E-state index is 12.1. The van der Waals surface area contributed by atoms with Gasteiger partial charge in [-0.15, -0.1) is 0 Å². The van der Waals surface area contributed by atoms with E-state index in [0.717, 1.165) is 13.0 Å². The van der Waals surface area contributed by atoms with Crippen molar-refractivity contribution in [3.63, 3.8) is 0 Å². The van der Waals surface area contributed by atoms with Crippen LogP contribution in [0, 0.1) is 0 Å². The number of benzene rings is 1. The van der Waals surface area contributed by atoms with E-state index in [4.69, 9.17) is 4.74 Å². The Hall–Kier alpha value is -1.39. The summed E-state index contributed by atoms with van der Waals surface area (Å²) in [6.45, 7) is 5.18. The van der Waals surface area contributed by atoms with Crippen LogP contribution in [-0.4, -0.2) is 31.2 Å². The van der Waals surface area contributed by atoms with Crippen LogP contribution in [0.5, 0.6) is 0 Å². The number of fused-ring (bicyclic) bond motifs is 1. The van der Waals surface area contributed by atoms with Gasteiger partial charge in [-0.3, -0.25) is 4.79 Å². The van der Waals surface area contributed by atoms with Crippen LogP contribution in [0.1, 0.15) is 25.0 Å². The summed E-state index contributed by atoms with van der Waals surface area (Å²) in [6.07, 6.45) is 0.745. The van der Waals surface area contributed by atoms with Gasteiger partial charge in [0.05, 0.1) is 11.6 Å². The van der Waals surface area contributed by atoms with Crippen molar-refractivity contribution in [2.75, 3.05) is 13.7 Å². The highest BCUT2D eigenvalue weighted by Crippen LogP contribution is 2.16. The van der Waals surface area contributed by atoms with Gasteiger partial charge >= 0.3 is 0 Å². The smallest absolute Gasteiger partial charge is 0.237 e. The quantitative estimate of drug-likeness (QED) is 0.858. The Bertz CT molecular complexity index is 457. The summed E-state index contributed by atoms with van der Waals surface area (Å²) in [6, 6.07) is 8.09. The van der Waals surface area contributed by atoms with Gasteiger partial charge in [0.2, 0.25) is 5.91 Å². The summed E-state index contributed by atoms with van der Waals surface area (Å²) < 4.78 is 5.30. The average molecular weight is 262 g/mol. The highest BCUT2D eigenvalue weighted by atomic mass is 16.5. The van der Waals surface area contributed by atoms with E-state index in [2.05, 4.69) is 22.8 Å². The Labute approximate surface area is 114 Å². The minimum atomic E-state index is -0.331. The van der Waals surface area contributed by atoms with Crippen LogP contribution >= 0.6 is 0 Å². The fraction of sp³-hybridized carbons (Fsp3) is 0.533. The molecule has 104 valence electrons. The third-order valence-corrected chi connectivity index (χ3v) is 3.64. The second-order valence-electron chi connectivity index (χ2n) is 5.59. The Balaban J connectivity index is 1.92. The molecule has 0 saturated heterocycles. The van der Waals surface area contributed by atoms with Gasteiger partial charge < -0.3 is 15.4 Å². The van der Waals surface area contributed by atoms with Crippen molar-refractivity contribution in [1.82, 2.24) is 10.6 Å². The van der Waals surface area contributed by atoms with Crippen molar-refractivity contribution >= 4 is 5.91 Å². The summed E-state index contributed by atoms with van der Waals surface area (Å²) >= 11 is 0. The fourth-order valence-corrected chi connectivity index (χ4v) is 2.14. The number of methoxy groups -OCH3 is 1. The Morgan fingerprint density at radius 1 is 1.42 bits per heavy atom. The normalized spacial score (nSPS) is 18.8. The molecule has 1 amide bonds. The Morgan fingerprint density at radius 3 is 2.79 bits per heavy atom. The molecule has 4 heteroatoms. The molecule has 0 aromatic heterocycles. The first-order valence-electron chi connectivity index (χ1n) is 6.65. The van der Waals surface area contributed by atoms with Crippen LogP contribution in [0.3, 0.4) is 0 Å². The molecule has 4 nitrogen and oxygen atoms in total. The summed E-state index contributed by atoms with van der Waals surface area (Å²) in [4.78, 5) is 12.1. The van der Waals surface area contributed by atoms with Crippen molar-refractivity contribution in [2.45, 2.75) is 38.5 Å². The van der Waals surface area contributed by atoms with Gasteiger partial charge in [0.15, 0.2) is 0 Å². The van der Waals surface area contributed by atoms with Crippen molar-refractivity contribution in [1.29, 1.82) is 0 Å². The predicted molar refractivity (Wildman–Crippen MR) is 74.9 cm³/mol. The van der Waals surface area contributed by atoms with E-state index in [9.17, 15) is 4.79 Å². The first-order chi connectivity index (χ1) is 9.02. The minimum absolute atomic E-state index is 0.0413. The third kappa shape index (κ3) is 3.55. The van der Waals surface area contributed by atoms with Crippen molar-refractivity contribution in [2.24, 2.45) is 0 Å². The van der Waals surface area contributed by atoms with Crippen LogP contribution in [-0.2, 0) is 22.5 Å². The number of nitrogens with one attached hydrogen (secondary N) is 2. The van der Waals surface area contributed by atoms with Gasteiger partial charge in [0.1, 0.15) is 0 Å². The molecule has 1 aliphatic rings. The maximum absolute atomic E-state index is 12.1. The lowest BCUT2D eigenvalue weighted by Crippen LogP contribution is -2.50. The number of carbonyl (C=O) groups is 1. The van der Waals surface area contributed by atoms with E-state index < -0.39 is 0 Å². The second-order valence-corrected chi connectivity index (χ2v) is 5.59. The van der Waals surface area contributed by atoms with Gasteiger partial charge in [-0.05, 0) is 31.4 Å². The molecule has 0 fully saturated rings. The van der Waals surface area contributed by atoms with E-state index >= 15 is 0 Å². The molecule has 19 heavy (non-hydrogen) atoms. The Morgan fingerprint density at radius 2 is 2.11 bits per heavy atom. The van der Waals surface area contributed by atoms with E-state index in [1.165, 1.54) is 11.1 Å². The molecule has 1 aliphatic heterocycles. The zero-order valence-electron chi connectivity index (χ0n) is 11.8. The third-order valence-electron chi connectivity index (χ3n) is 3.64. The van der Waals surface area contributed by atoms with Crippen LogP contribution in [0.25, 0.3) is 0 Å². The standard InChI is InChI=1S/C15H22N2O2/c1-15(2,19-3)10-17-14(18)13-8-11-6-4-5-7-12(11)9-16-13/h4-7,13,16H,8-10H2,1-3H3,(H,17,18)/t13-/m0/s1. The zero-order chi connectivity index (χ0) is 13.9. The molecule has 0 aliphatic carbocycles. The number of hydrogen-bond acceptors (Lipinski definition) is 3. The number of ether oxygens (including phenoxy) is 1. The second kappa shape index (κ2) is 5.72. The summed E-state index contributed by atoms with van der Waals surface area (Å²) in [5.41, 5.74) is 2.21. The minimum Gasteiger partial charge on any atom is -0.377 e. The number of rotatable bonds is 4. The van der Waals surface area contributed by atoms with E-state index in [0.29, 0.717) is 6.54 Å². The molecule has 0 unspecified atom stereocenters. The fourth-order valence-electron chi connectivity index (χ4n) is 2.14. The first-order valence-corrected chi connectivity index (χ1v) is 6.65. The number of carbonyl (C=O) groups excluding carboxylic acids is 1. The number of amides is 1. The highest BCUT2D eigenvalue weighted by Gasteiger charge is 2.25. The molecule has 0 radical (unpaired) electrons. The molecule has 1 atom stereocenters. The molecule has 1 aromatic rings. The van der Waals surface area contributed by atoms with Gasteiger partial charge in [-0.25, -0.2) is 0 Å². The summed E-state index contributed by atoms with van der Waals surface area (Å²) in [5, 5.41) is 6.22. The molecule has 0 spiro atoms.